The summed E-state index contributed by atoms with van der Waals surface area (Å²) in [7, 11) is 0. The largest absolute Gasteiger partial charge is 0.479 e. The van der Waals surface area contributed by atoms with Crippen LogP contribution in [0.3, 0.4) is 0 Å². The fraction of sp³-hybridized carbons (Fsp3) is 0.833. The van der Waals surface area contributed by atoms with Gasteiger partial charge in [0.2, 0.25) is 5.91 Å². The molecule has 2 fully saturated rings. The topological polar surface area (TPSA) is 87.7 Å². The number of amides is 1. The van der Waals surface area contributed by atoms with Gasteiger partial charge in [-0.3, -0.25) is 4.79 Å². The van der Waals surface area contributed by atoms with Crippen LogP contribution in [0.15, 0.2) is 0 Å². The number of ether oxygens (including phenoxy) is 1. The summed E-state index contributed by atoms with van der Waals surface area (Å²) >= 11 is 0. The van der Waals surface area contributed by atoms with Gasteiger partial charge in [0, 0.05) is 12.6 Å². The first-order valence-corrected chi connectivity index (χ1v) is 6.48. The molecule has 1 aliphatic heterocycles. The lowest BCUT2D eigenvalue weighted by molar-refractivity contribution is -0.149. The van der Waals surface area contributed by atoms with Gasteiger partial charge in [-0.25, -0.2) is 4.79 Å². The van der Waals surface area contributed by atoms with Gasteiger partial charge in [-0.05, 0) is 32.6 Å². The number of carboxylic acid groups (broad SMARTS) is 1. The van der Waals surface area contributed by atoms with E-state index in [0.717, 1.165) is 19.3 Å². The third-order valence-electron chi connectivity index (χ3n) is 3.35. The van der Waals surface area contributed by atoms with Crippen LogP contribution in [0, 0.1) is 0 Å². The number of nitrogens with one attached hydrogen (secondary N) is 2. The molecule has 1 heterocycles. The van der Waals surface area contributed by atoms with Gasteiger partial charge in [0.1, 0.15) is 0 Å². The second-order valence-electron chi connectivity index (χ2n) is 5.08. The predicted molar refractivity (Wildman–Crippen MR) is 64.2 cm³/mol. The second kappa shape index (κ2) is 5.67. The van der Waals surface area contributed by atoms with Gasteiger partial charge in [-0.2, -0.15) is 0 Å². The minimum atomic E-state index is -0.906. The molecule has 18 heavy (non-hydrogen) atoms. The lowest BCUT2D eigenvalue weighted by Crippen LogP contribution is -2.45. The first kappa shape index (κ1) is 13.3. The standard InChI is InChI=1S/C12H20N2O4/c1-7(11(15)14-8-2-3-8)13-6-9-4-5-10(18-9)12(16)17/h7-10,13H,2-6H2,1H3,(H,14,15)(H,16,17). The SMILES string of the molecule is CC(NCC1CCC(C(=O)O)O1)C(=O)NC1CC1. The molecule has 0 aromatic rings. The molecular formula is C12H20N2O4. The number of hydrogen-bond donors (Lipinski definition) is 3. The summed E-state index contributed by atoms with van der Waals surface area (Å²) in [4.78, 5) is 22.4. The van der Waals surface area contributed by atoms with E-state index in [1.54, 1.807) is 6.92 Å². The Morgan fingerprint density at radius 2 is 2.06 bits per heavy atom. The molecule has 0 bridgehead atoms. The lowest BCUT2D eigenvalue weighted by atomic mass is 10.2. The Bertz CT molecular complexity index is 330. The molecule has 3 N–H and O–H groups in total. The first-order valence-electron chi connectivity index (χ1n) is 6.48. The van der Waals surface area contributed by atoms with Crippen LogP contribution in [0.5, 0.6) is 0 Å². The molecule has 2 rings (SSSR count). The molecule has 3 unspecified atom stereocenters. The van der Waals surface area contributed by atoms with Gasteiger partial charge >= 0.3 is 5.97 Å². The fourth-order valence-corrected chi connectivity index (χ4v) is 1.99. The summed E-state index contributed by atoms with van der Waals surface area (Å²) in [5.41, 5.74) is 0. The highest BCUT2D eigenvalue weighted by atomic mass is 16.5. The Morgan fingerprint density at radius 1 is 1.33 bits per heavy atom. The van der Waals surface area contributed by atoms with E-state index in [0.29, 0.717) is 19.0 Å². The number of carbonyl (C=O) groups is 2. The van der Waals surface area contributed by atoms with E-state index < -0.39 is 12.1 Å². The van der Waals surface area contributed by atoms with E-state index in [9.17, 15) is 9.59 Å². The number of rotatable bonds is 6. The zero-order valence-corrected chi connectivity index (χ0v) is 10.5. The van der Waals surface area contributed by atoms with Crippen molar-refractivity contribution in [1.29, 1.82) is 0 Å². The molecule has 1 amide bonds. The maximum atomic E-state index is 11.7. The van der Waals surface area contributed by atoms with Crippen molar-refractivity contribution in [1.82, 2.24) is 10.6 Å². The Labute approximate surface area is 106 Å². The molecule has 3 atom stereocenters. The van der Waals surface area contributed by atoms with Gasteiger partial charge < -0.3 is 20.5 Å². The van der Waals surface area contributed by atoms with Gasteiger partial charge in [-0.1, -0.05) is 0 Å². The quantitative estimate of drug-likeness (QED) is 0.616. The maximum Gasteiger partial charge on any atom is 0.332 e. The van der Waals surface area contributed by atoms with Crippen LogP contribution < -0.4 is 10.6 Å². The summed E-state index contributed by atoms with van der Waals surface area (Å²) in [5.74, 6) is -0.901. The number of carboxylic acids is 1. The van der Waals surface area contributed by atoms with Gasteiger partial charge in [0.15, 0.2) is 6.10 Å². The third-order valence-corrected chi connectivity index (χ3v) is 3.35. The number of hydrogen-bond acceptors (Lipinski definition) is 4. The summed E-state index contributed by atoms with van der Waals surface area (Å²) in [5, 5.41) is 14.8. The molecule has 0 radical (unpaired) electrons. The van der Waals surface area contributed by atoms with E-state index in [1.807, 2.05) is 0 Å². The van der Waals surface area contributed by atoms with Crippen LogP contribution in [0.25, 0.3) is 0 Å². The zero-order chi connectivity index (χ0) is 13.1. The molecule has 0 spiro atoms. The molecular weight excluding hydrogens is 236 g/mol. The van der Waals surface area contributed by atoms with Crippen molar-refractivity contribution in [2.45, 2.75) is 56.9 Å². The van der Waals surface area contributed by atoms with Crippen LogP contribution >= 0.6 is 0 Å². The van der Waals surface area contributed by atoms with E-state index in [2.05, 4.69) is 10.6 Å². The van der Waals surface area contributed by atoms with Crippen molar-refractivity contribution >= 4 is 11.9 Å². The smallest absolute Gasteiger partial charge is 0.332 e. The normalized spacial score (nSPS) is 28.9. The predicted octanol–water partition coefficient (Wildman–Crippen LogP) is -0.125. The van der Waals surface area contributed by atoms with E-state index >= 15 is 0 Å². The molecule has 1 saturated carbocycles. The Balaban J connectivity index is 1.65. The van der Waals surface area contributed by atoms with Crippen LogP contribution in [0.1, 0.15) is 32.6 Å². The van der Waals surface area contributed by atoms with Gasteiger partial charge in [0.05, 0.1) is 12.1 Å². The zero-order valence-electron chi connectivity index (χ0n) is 10.5. The molecule has 6 nitrogen and oxygen atoms in total. The minimum Gasteiger partial charge on any atom is -0.479 e. The van der Waals surface area contributed by atoms with Crippen molar-refractivity contribution in [3.05, 3.63) is 0 Å². The van der Waals surface area contributed by atoms with Crippen molar-refractivity contribution < 1.29 is 19.4 Å². The third kappa shape index (κ3) is 3.68. The monoisotopic (exact) mass is 256 g/mol. The molecule has 0 aromatic carbocycles. The van der Waals surface area contributed by atoms with Crippen LogP contribution in [0.4, 0.5) is 0 Å². The van der Waals surface area contributed by atoms with Gasteiger partial charge in [0.25, 0.3) is 0 Å². The van der Waals surface area contributed by atoms with Crippen molar-refractivity contribution in [3.63, 3.8) is 0 Å². The van der Waals surface area contributed by atoms with Crippen LogP contribution in [0.2, 0.25) is 0 Å². The van der Waals surface area contributed by atoms with Crippen molar-refractivity contribution in [2.75, 3.05) is 6.54 Å². The summed E-state index contributed by atoms with van der Waals surface area (Å²) < 4.78 is 5.35. The van der Waals surface area contributed by atoms with E-state index in [1.165, 1.54) is 0 Å². The highest BCUT2D eigenvalue weighted by Crippen LogP contribution is 2.20. The average molecular weight is 256 g/mol. The Morgan fingerprint density at radius 3 is 2.61 bits per heavy atom. The molecule has 102 valence electrons. The number of aliphatic carboxylic acids is 1. The molecule has 1 aliphatic carbocycles. The Kier molecular flexibility index (Phi) is 4.19. The highest BCUT2D eigenvalue weighted by molar-refractivity contribution is 5.81. The minimum absolute atomic E-state index is 0.00489. The van der Waals surface area contributed by atoms with Crippen molar-refractivity contribution in [3.8, 4) is 0 Å². The second-order valence-corrected chi connectivity index (χ2v) is 5.08. The molecule has 1 saturated heterocycles. The Hall–Kier alpha value is -1.14. The maximum absolute atomic E-state index is 11.7. The van der Waals surface area contributed by atoms with Crippen molar-refractivity contribution in [2.24, 2.45) is 0 Å². The molecule has 2 aliphatic rings. The first-order chi connectivity index (χ1) is 8.56. The fourth-order valence-electron chi connectivity index (χ4n) is 1.99. The lowest BCUT2D eigenvalue weighted by Gasteiger charge is -2.17. The molecule has 6 heteroatoms. The van der Waals surface area contributed by atoms with Gasteiger partial charge in [-0.15, -0.1) is 0 Å². The van der Waals surface area contributed by atoms with E-state index in [-0.39, 0.29) is 18.1 Å². The van der Waals surface area contributed by atoms with Crippen LogP contribution in [-0.4, -0.2) is 47.8 Å². The summed E-state index contributed by atoms with van der Waals surface area (Å²) in [6.45, 7) is 2.32. The summed E-state index contributed by atoms with van der Waals surface area (Å²) in [6, 6.07) is 0.0962. The summed E-state index contributed by atoms with van der Waals surface area (Å²) in [6.07, 6.45) is 2.62. The average Bonchev–Trinajstić information content (AvgIpc) is 3.00. The van der Waals surface area contributed by atoms with Crippen LogP contribution in [-0.2, 0) is 14.3 Å². The molecule has 0 aromatic heterocycles. The van der Waals surface area contributed by atoms with E-state index in [4.69, 9.17) is 9.84 Å². The number of carbonyl (C=O) groups excluding carboxylic acids is 1. The highest BCUT2D eigenvalue weighted by Gasteiger charge is 2.31.